The summed E-state index contributed by atoms with van der Waals surface area (Å²) in [4.78, 5) is 20.6. The molecule has 1 aromatic rings. The molecule has 1 rings (SSSR count). The van der Waals surface area contributed by atoms with Crippen molar-refractivity contribution in [1.29, 1.82) is 0 Å². The smallest absolute Gasteiger partial charge is 0.207 e. The maximum atomic E-state index is 10.3. The van der Waals surface area contributed by atoms with E-state index in [0.29, 0.717) is 12.8 Å². The number of rotatable bonds is 7. The van der Waals surface area contributed by atoms with Gasteiger partial charge in [0, 0.05) is 12.5 Å². The molecule has 3 nitrogen and oxygen atoms in total. The monoisotopic (exact) mass is 205 g/mol. The summed E-state index contributed by atoms with van der Waals surface area (Å²) in [6.45, 7) is 0. The van der Waals surface area contributed by atoms with E-state index in [0.717, 1.165) is 19.1 Å². The normalized spacial score (nSPS) is 11.7. The van der Waals surface area contributed by atoms with Gasteiger partial charge in [-0.25, -0.2) is 0 Å². The zero-order valence-electron chi connectivity index (χ0n) is 8.56. The van der Waals surface area contributed by atoms with E-state index in [1.165, 1.54) is 5.56 Å². The van der Waals surface area contributed by atoms with Crippen molar-refractivity contribution in [3.05, 3.63) is 35.9 Å². The van der Waals surface area contributed by atoms with Crippen LogP contribution in [0.2, 0.25) is 0 Å². The lowest BCUT2D eigenvalue weighted by Gasteiger charge is -2.12. The van der Waals surface area contributed by atoms with E-state index in [4.69, 9.17) is 0 Å². The van der Waals surface area contributed by atoms with Crippen molar-refractivity contribution in [2.45, 2.75) is 25.3 Å². The Morgan fingerprint density at radius 3 is 2.53 bits per heavy atom. The van der Waals surface area contributed by atoms with Crippen molar-refractivity contribution >= 4 is 12.7 Å². The molecule has 3 heteroatoms. The lowest BCUT2D eigenvalue weighted by Crippen LogP contribution is -2.28. The average molecular weight is 205 g/mol. The zero-order chi connectivity index (χ0) is 10.9. The fraction of sp³-hybridized carbons (Fsp3) is 0.333. The van der Waals surface area contributed by atoms with E-state index in [1.54, 1.807) is 0 Å². The second-order valence-corrected chi connectivity index (χ2v) is 3.41. The van der Waals surface area contributed by atoms with Crippen LogP contribution in [-0.4, -0.2) is 18.7 Å². The topological polar surface area (TPSA) is 46.2 Å². The first kappa shape index (κ1) is 11.4. The van der Waals surface area contributed by atoms with Gasteiger partial charge < -0.3 is 10.1 Å². The summed E-state index contributed by atoms with van der Waals surface area (Å²) in [7, 11) is 0. The minimum atomic E-state index is -0.0415. The summed E-state index contributed by atoms with van der Waals surface area (Å²) in [5.74, 6) is 0. The number of carbonyl (C=O) groups is 2. The second-order valence-electron chi connectivity index (χ2n) is 3.41. The molecule has 0 aliphatic rings. The molecule has 80 valence electrons. The molecule has 0 saturated heterocycles. The highest BCUT2D eigenvalue weighted by molar-refractivity contribution is 5.53. The second kappa shape index (κ2) is 6.76. The highest BCUT2D eigenvalue weighted by atomic mass is 16.1. The van der Waals surface area contributed by atoms with Gasteiger partial charge in [0.25, 0.3) is 0 Å². The molecule has 1 aromatic carbocycles. The van der Waals surface area contributed by atoms with Gasteiger partial charge >= 0.3 is 0 Å². The van der Waals surface area contributed by atoms with Crippen LogP contribution in [0.4, 0.5) is 0 Å². The summed E-state index contributed by atoms with van der Waals surface area (Å²) >= 11 is 0. The molecule has 15 heavy (non-hydrogen) atoms. The number of hydrogen-bond acceptors (Lipinski definition) is 2. The fourth-order valence-corrected chi connectivity index (χ4v) is 1.47. The molecular formula is C12H15NO2. The van der Waals surface area contributed by atoms with Gasteiger partial charge in [0.05, 0.1) is 0 Å². The van der Waals surface area contributed by atoms with Crippen LogP contribution in [0, 0.1) is 0 Å². The quantitative estimate of drug-likeness (QED) is 0.682. The largest absolute Gasteiger partial charge is 0.356 e. The predicted octanol–water partition coefficient (Wildman–Crippen LogP) is 1.32. The third kappa shape index (κ3) is 4.40. The summed E-state index contributed by atoms with van der Waals surface area (Å²) in [6.07, 6.45) is 3.54. The average Bonchev–Trinajstić information content (AvgIpc) is 2.28. The number of aryl methyl sites for hydroxylation is 1. The van der Waals surface area contributed by atoms with Gasteiger partial charge in [-0.3, -0.25) is 4.79 Å². The van der Waals surface area contributed by atoms with Crippen LogP contribution in [0.3, 0.4) is 0 Å². The molecule has 0 heterocycles. The summed E-state index contributed by atoms with van der Waals surface area (Å²) in [5.41, 5.74) is 1.22. The third-order valence-electron chi connectivity index (χ3n) is 2.31. The molecule has 0 aliphatic heterocycles. The van der Waals surface area contributed by atoms with Gasteiger partial charge in [-0.05, 0) is 18.4 Å². The van der Waals surface area contributed by atoms with Crippen LogP contribution in [0.1, 0.15) is 18.4 Å². The Morgan fingerprint density at radius 1 is 1.20 bits per heavy atom. The summed E-state index contributed by atoms with van der Waals surface area (Å²) < 4.78 is 0. The van der Waals surface area contributed by atoms with Crippen LogP contribution in [0.15, 0.2) is 30.3 Å². The summed E-state index contributed by atoms with van der Waals surface area (Å²) in [6, 6.07) is 9.97. The minimum absolute atomic E-state index is 0.0415. The molecule has 0 bridgehead atoms. The van der Waals surface area contributed by atoms with E-state index in [-0.39, 0.29) is 6.04 Å². The van der Waals surface area contributed by atoms with Gasteiger partial charge in [0.2, 0.25) is 6.41 Å². The van der Waals surface area contributed by atoms with Crippen LogP contribution in [-0.2, 0) is 16.0 Å². The Kier molecular flexibility index (Phi) is 5.15. The van der Waals surface area contributed by atoms with Crippen LogP contribution in [0.25, 0.3) is 0 Å². The van der Waals surface area contributed by atoms with Crippen molar-refractivity contribution in [1.82, 2.24) is 5.32 Å². The minimum Gasteiger partial charge on any atom is -0.356 e. The molecule has 0 aromatic heterocycles. The Morgan fingerprint density at radius 2 is 1.93 bits per heavy atom. The lowest BCUT2D eigenvalue weighted by atomic mass is 10.0. The first-order valence-electron chi connectivity index (χ1n) is 5.04. The van der Waals surface area contributed by atoms with E-state index in [2.05, 4.69) is 5.32 Å². The van der Waals surface area contributed by atoms with Crippen molar-refractivity contribution in [3.8, 4) is 0 Å². The Hall–Kier alpha value is -1.64. The SMILES string of the molecule is O=CC[C@H](CCc1ccccc1)NC=O. The number of aldehydes is 1. The Labute approximate surface area is 89.5 Å². The number of benzene rings is 1. The molecule has 1 N–H and O–H groups in total. The fourth-order valence-electron chi connectivity index (χ4n) is 1.47. The molecule has 0 unspecified atom stereocenters. The van der Waals surface area contributed by atoms with Crippen molar-refractivity contribution in [2.75, 3.05) is 0 Å². The molecule has 1 amide bonds. The zero-order valence-corrected chi connectivity index (χ0v) is 8.56. The van der Waals surface area contributed by atoms with Gasteiger partial charge in [0.1, 0.15) is 6.29 Å². The third-order valence-corrected chi connectivity index (χ3v) is 2.31. The predicted molar refractivity (Wildman–Crippen MR) is 58.4 cm³/mol. The maximum absolute atomic E-state index is 10.3. The molecule has 0 spiro atoms. The van der Waals surface area contributed by atoms with E-state index >= 15 is 0 Å². The molecule has 0 aliphatic carbocycles. The molecule has 1 atom stereocenters. The van der Waals surface area contributed by atoms with E-state index in [9.17, 15) is 9.59 Å². The lowest BCUT2D eigenvalue weighted by molar-refractivity contribution is -0.111. The summed E-state index contributed by atoms with van der Waals surface area (Å²) in [5, 5.41) is 2.64. The molecular weight excluding hydrogens is 190 g/mol. The van der Waals surface area contributed by atoms with Crippen LogP contribution in [0.5, 0.6) is 0 Å². The molecule has 0 fully saturated rings. The van der Waals surface area contributed by atoms with E-state index in [1.807, 2.05) is 30.3 Å². The van der Waals surface area contributed by atoms with Crippen molar-refractivity contribution in [3.63, 3.8) is 0 Å². The number of carbonyl (C=O) groups excluding carboxylic acids is 2. The highest BCUT2D eigenvalue weighted by Gasteiger charge is 2.06. The van der Waals surface area contributed by atoms with Gasteiger partial charge in [-0.2, -0.15) is 0 Å². The molecule has 0 radical (unpaired) electrons. The first-order valence-corrected chi connectivity index (χ1v) is 5.04. The molecule has 0 saturated carbocycles. The van der Waals surface area contributed by atoms with Crippen molar-refractivity contribution in [2.24, 2.45) is 0 Å². The van der Waals surface area contributed by atoms with Crippen LogP contribution < -0.4 is 5.32 Å². The van der Waals surface area contributed by atoms with E-state index < -0.39 is 0 Å². The highest BCUT2D eigenvalue weighted by Crippen LogP contribution is 2.06. The maximum Gasteiger partial charge on any atom is 0.207 e. The van der Waals surface area contributed by atoms with Gasteiger partial charge in [-0.15, -0.1) is 0 Å². The van der Waals surface area contributed by atoms with Crippen LogP contribution >= 0.6 is 0 Å². The standard InChI is InChI=1S/C12H15NO2/c14-9-8-12(13-10-15)7-6-11-4-2-1-3-5-11/h1-5,9-10,12H,6-8H2,(H,13,15)/t12-/m0/s1. The van der Waals surface area contributed by atoms with Gasteiger partial charge in [0.15, 0.2) is 0 Å². The number of nitrogens with one attached hydrogen (secondary N) is 1. The number of hydrogen-bond donors (Lipinski definition) is 1. The van der Waals surface area contributed by atoms with Crippen molar-refractivity contribution < 1.29 is 9.59 Å². The Balaban J connectivity index is 2.39. The first-order chi connectivity index (χ1) is 7.36. The van der Waals surface area contributed by atoms with Gasteiger partial charge in [-0.1, -0.05) is 30.3 Å². The number of amides is 1. The Bertz CT molecular complexity index is 288.